The molecule has 0 bridgehead atoms. The summed E-state index contributed by atoms with van der Waals surface area (Å²) in [7, 11) is 4.59. The number of aromatic nitrogens is 2. The van der Waals surface area contributed by atoms with Crippen LogP contribution in [-0.2, 0) is 18.9 Å². The summed E-state index contributed by atoms with van der Waals surface area (Å²) < 4.78 is 13.3. The summed E-state index contributed by atoms with van der Waals surface area (Å²) in [5, 5.41) is 21.8. The maximum atomic E-state index is 13.4. The number of nitrogens with one attached hydrogen (secondary N) is 1. The van der Waals surface area contributed by atoms with Gasteiger partial charge in [0.2, 0.25) is 5.71 Å². The number of fused-ring (bicyclic) bond motifs is 4. The Hall–Kier alpha value is -4.40. The lowest BCUT2D eigenvalue weighted by Gasteiger charge is -2.21. The number of nitrogens with zero attached hydrogens (tertiary/aromatic N) is 2. The van der Waals surface area contributed by atoms with E-state index >= 15 is 0 Å². The fourth-order valence-corrected chi connectivity index (χ4v) is 4.72. The molecule has 1 unspecified atom stereocenters. The monoisotopic (exact) mass is 461 g/mol. The number of esters is 1. The molecule has 1 atom stereocenters. The lowest BCUT2D eigenvalue weighted by molar-refractivity contribution is -0.723. The second-order valence-corrected chi connectivity index (χ2v) is 8.23. The molecule has 5 rings (SSSR count). The molecule has 2 aromatic carbocycles. The van der Waals surface area contributed by atoms with Crippen LogP contribution in [0.2, 0.25) is 0 Å². The van der Waals surface area contributed by atoms with Crippen molar-refractivity contribution in [2.45, 2.75) is 12.8 Å². The summed E-state index contributed by atoms with van der Waals surface area (Å²) in [5.41, 5.74) is 3.20. The first-order valence-electron chi connectivity index (χ1n) is 10.6. The molecule has 2 aliphatic rings. The molecule has 2 heterocycles. The Labute approximate surface area is 194 Å². The molecular formula is C25H23N3O6+2. The van der Waals surface area contributed by atoms with Crippen molar-refractivity contribution in [2.24, 2.45) is 14.1 Å². The van der Waals surface area contributed by atoms with Gasteiger partial charge in [-0.05, 0) is 23.8 Å². The molecule has 0 radical (unpaired) electrons. The number of carbonyl (C=O) groups is 1. The SMILES string of the molecule is COc1cc(C2C3=C(O)c4ccccc4C3=[NH+]c3c2c(=O)n(C)c(O)[n+]3C)ccc1OC(C)=O. The zero-order valence-corrected chi connectivity index (χ0v) is 19.0. The number of hydrogen-bond donors (Lipinski definition) is 3. The Morgan fingerprint density at radius 3 is 2.50 bits per heavy atom. The highest BCUT2D eigenvalue weighted by Gasteiger charge is 2.49. The highest BCUT2D eigenvalue weighted by atomic mass is 16.6. The van der Waals surface area contributed by atoms with Crippen LogP contribution in [0, 0.1) is 0 Å². The Kier molecular flexibility index (Phi) is 4.78. The van der Waals surface area contributed by atoms with Crippen molar-refractivity contribution < 1.29 is 34.0 Å². The average Bonchev–Trinajstić information content (AvgIpc) is 3.12. The molecule has 172 valence electrons. The number of allylic oxidation sites excluding steroid dienone is 1. The fourth-order valence-electron chi connectivity index (χ4n) is 4.72. The molecule has 1 aromatic heterocycles. The molecule has 34 heavy (non-hydrogen) atoms. The Morgan fingerprint density at radius 2 is 1.82 bits per heavy atom. The smallest absolute Gasteiger partial charge is 0.462 e. The standard InChI is InChI=1S/C25H21N3O6/c1-12(29)34-16-10-9-13(11-17(16)33-4)18-19-21(14-7-5-6-8-15(14)22(19)30)26-23-20(18)24(31)28(3)25(32)27(23)2/h5-11,18H,1-4H3,(H,26,30,31)/p+2. The van der Waals surface area contributed by atoms with Crippen molar-refractivity contribution in [3.63, 3.8) is 0 Å². The zero-order valence-electron chi connectivity index (χ0n) is 19.0. The van der Waals surface area contributed by atoms with Gasteiger partial charge in [0.05, 0.1) is 24.2 Å². The second kappa shape index (κ2) is 7.58. The van der Waals surface area contributed by atoms with Gasteiger partial charge in [0.15, 0.2) is 24.1 Å². The van der Waals surface area contributed by atoms with Crippen LogP contribution in [0.25, 0.3) is 5.76 Å². The number of carbonyl (C=O) groups excluding carboxylic acids is 1. The summed E-state index contributed by atoms with van der Waals surface area (Å²) >= 11 is 0. The molecule has 9 heteroatoms. The number of methoxy groups -OCH3 is 1. The van der Waals surface area contributed by atoms with E-state index in [0.29, 0.717) is 39.5 Å². The molecule has 0 spiro atoms. The van der Waals surface area contributed by atoms with Crippen LogP contribution in [0.3, 0.4) is 0 Å². The van der Waals surface area contributed by atoms with Gasteiger partial charge in [0.25, 0.3) is 5.56 Å². The molecule has 3 N–H and O–H groups in total. The van der Waals surface area contributed by atoms with Crippen LogP contribution in [0.4, 0.5) is 5.82 Å². The maximum Gasteiger partial charge on any atom is 0.462 e. The van der Waals surface area contributed by atoms with Crippen LogP contribution in [0.1, 0.15) is 35.1 Å². The van der Waals surface area contributed by atoms with Crippen LogP contribution >= 0.6 is 0 Å². The van der Waals surface area contributed by atoms with Crippen molar-refractivity contribution in [3.05, 3.63) is 80.6 Å². The number of hydrogen-bond acceptors (Lipinski definition) is 6. The third kappa shape index (κ3) is 2.93. The molecule has 0 amide bonds. The average molecular weight is 461 g/mol. The van der Waals surface area contributed by atoms with E-state index < -0.39 is 17.4 Å². The third-order valence-electron chi connectivity index (χ3n) is 6.30. The first-order chi connectivity index (χ1) is 16.2. The minimum atomic E-state index is -0.690. The normalized spacial score (nSPS) is 15.9. The van der Waals surface area contributed by atoms with Crippen LogP contribution in [-0.4, -0.2) is 33.6 Å². The topological polar surface area (TPSA) is 116 Å². The van der Waals surface area contributed by atoms with Gasteiger partial charge in [-0.1, -0.05) is 28.8 Å². The van der Waals surface area contributed by atoms with E-state index in [1.165, 1.54) is 25.6 Å². The molecule has 1 aliphatic heterocycles. The van der Waals surface area contributed by atoms with Gasteiger partial charge in [0.1, 0.15) is 5.76 Å². The predicted molar refractivity (Wildman–Crippen MR) is 121 cm³/mol. The number of aliphatic hydroxyl groups is 1. The number of rotatable bonds is 3. The third-order valence-corrected chi connectivity index (χ3v) is 6.30. The van der Waals surface area contributed by atoms with Gasteiger partial charge in [-0.15, -0.1) is 4.99 Å². The Morgan fingerprint density at radius 1 is 1.12 bits per heavy atom. The van der Waals surface area contributed by atoms with Gasteiger partial charge in [-0.3, -0.25) is 9.59 Å². The van der Waals surface area contributed by atoms with Crippen molar-refractivity contribution in [1.82, 2.24) is 4.57 Å². The highest BCUT2D eigenvalue weighted by Crippen LogP contribution is 2.45. The van der Waals surface area contributed by atoms with Gasteiger partial charge in [-0.2, -0.15) is 0 Å². The molecule has 9 nitrogen and oxygen atoms in total. The highest BCUT2D eigenvalue weighted by molar-refractivity contribution is 6.21. The van der Waals surface area contributed by atoms with E-state index in [2.05, 4.69) is 4.99 Å². The summed E-state index contributed by atoms with van der Waals surface area (Å²) in [6.07, 6.45) is 0. The van der Waals surface area contributed by atoms with Crippen molar-refractivity contribution in [1.29, 1.82) is 0 Å². The largest absolute Gasteiger partial charge is 0.507 e. The van der Waals surface area contributed by atoms with Gasteiger partial charge in [-0.25, -0.2) is 4.57 Å². The van der Waals surface area contributed by atoms with Crippen LogP contribution in [0.15, 0.2) is 52.8 Å². The fraction of sp³-hybridized carbons (Fsp3) is 0.200. The summed E-state index contributed by atoms with van der Waals surface area (Å²) in [6, 6.07) is 12.2. The lowest BCUT2D eigenvalue weighted by Crippen LogP contribution is -2.75. The van der Waals surface area contributed by atoms with E-state index in [9.17, 15) is 19.8 Å². The number of benzene rings is 2. The number of aromatic hydroxyl groups is 1. The van der Waals surface area contributed by atoms with E-state index in [0.717, 1.165) is 10.1 Å². The molecule has 3 aromatic rings. The van der Waals surface area contributed by atoms with E-state index in [1.54, 1.807) is 25.2 Å². The molecule has 0 fully saturated rings. The zero-order chi connectivity index (χ0) is 24.3. The van der Waals surface area contributed by atoms with Crippen molar-refractivity contribution >= 4 is 23.3 Å². The van der Waals surface area contributed by atoms with Crippen LogP contribution < -0.4 is 24.6 Å². The number of ether oxygens (including phenoxy) is 2. The van der Waals surface area contributed by atoms with E-state index in [-0.39, 0.29) is 17.5 Å². The Balaban J connectivity index is 1.85. The molecule has 1 aliphatic carbocycles. The van der Waals surface area contributed by atoms with E-state index in [1.807, 2.05) is 24.3 Å². The molecule has 0 saturated heterocycles. The quantitative estimate of drug-likeness (QED) is 0.297. The van der Waals surface area contributed by atoms with Crippen LogP contribution in [0.5, 0.6) is 17.5 Å². The first kappa shape index (κ1) is 21.4. The summed E-state index contributed by atoms with van der Waals surface area (Å²) in [4.78, 5) is 28.2. The van der Waals surface area contributed by atoms with E-state index in [4.69, 9.17) is 9.47 Å². The maximum absolute atomic E-state index is 13.4. The van der Waals surface area contributed by atoms with Crippen molar-refractivity contribution in [2.75, 3.05) is 7.11 Å². The molecule has 0 saturated carbocycles. The first-order valence-corrected chi connectivity index (χ1v) is 10.6. The van der Waals surface area contributed by atoms with Gasteiger partial charge >= 0.3 is 17.8 Å². The van der Waals surface area contributed by atoms with Crippen molar-refractivity contribution in [3.8, 4) is 17.5 Å². The van der Waals surface area contributed by atoms with Gasteiger partial charge in [0, 0.05) is 19.5 Å². The Bertz CT molecular complexity index is 1520. The lowest BCUT2D eigenvalue weighted by atomic mass is 9.81. The molecular weight excluding hydrogens is 438 g/mol. The second-order valence-electron chi connectivity index (χ2n) is 8.23. The summed E-state index contributed by atoms with van der Waals surface area (Å²) in [5.74, 6) is -0.146. The predicted octanol–water partition coefficient (Wildman–Crippen LogP) is 0.479. The minimum absolute atomic E-state index is 0.0644. The van der Waals surface area contributed by atoms with Gasteiger partial charge < -0.3 is 19.7 Å². The number of aliphatic hydroxyl groups excluding tert-OH is 1. The summed E-state index contributed by atoms with van der Waals surface area (Å²) in [6.45, 7) is 1.30. The minimum Gasteiger partial charge on any atom is -0.507 e.